The minimum absolute atomic E-state index is 0.115. The number of hydrogen-bond donors (Lipinski definition) is 0. The monoisotopic (exact) mass is 210 g/mol. The van der Waals surface area contributed by atoms with E-state index in [4.69, 9.17) is 4.74 Å². The Morgan fingerprint density at radius 1 is 1.53 bits per heavy atom. The van der Waals surface area contributed by atoms with E-state index in [1.807, 2.05) is 6.08 Å². The van der Waals surface area contributed by atoms with Gasteiger partial charge in [-0.25, -0.2) is 0 Å². The van der Waals surface area contributed by atoms with Crippen LogP contribution in [0.4, 0.5) is 0 Å². The molecule has 2 heteroatoms. The van der Waals surface area contributed by atoms with E-state index in [-0.39, 0.29) is 5.97 Å². The van der Waals surface area contributed by atoms with Crippen molar-refractivity contribution in [3.05, 3.63) is 24.3 Å². The van der Waals surface area contributed by atoms with Gasteiger partial charge in [0.2, 0.25) is 0 Å². The van der Waals surface area contributed by atoms with Crippen LogP contribution in [0.2, 0.25) is 0 Å². The Bertz CT molecular complexity index is 229. The summed E-state index contributed by atoms with van der Waals surface area (Å²) >= 11 is 0. The second-order valence-electron chi connectivity index (χ2n) is 3.79. The van der Waals surface area contributed by atoms with E-state index >= 15 is 0 Å². The van der Waals surface area contributed by atoms with Gasteiger partial charge >= 0.3 is 5.97 Å². The summed E-state index contributed by atoms with van der Waals surface area (Å²) in [6.07, 6.45) is 6.45. The second-order valence-corrected chi connectivity index (χ2v) is 3.79. The molecular formula is C13H22O2. The molecule has 0 bridgehead atoms. The van der Waals surface area contributed by atoms with Crippen LogP contribution in [0.5, 0.6) is 0 Å². The van der Waals surface area contributed by atoms with Gasteiger partial charge in [-0.05, 0) is 25.7 Å². The van der Waals surface area contributed by atoms with Crippen molar-refractivity contribution in [1.29, 1.82) is 0 Å². The Morgan fingerprint density at radius 2 is 2.20 bits per heavy atom. The summed E-state index contributed by atoms with van der Waals surface area (Å²) in [5, 5.41) is 0. The lowest BCUT2D eigenvalue weighted by molar-refractivity contribution is -0.143. The van der Waals surface area contributed by atoms with Gasteiger partial charge in [0.25, 0.3) is 0 Å². The minimum atomic E-state index is -0.115. The van der Waals surface area contributed by atoms with Crippen molar-refractivity contribution in [1.82, 2.24) is 0 Å². The van der Waals surface area contributed by atoms with Crippen LogP contribution in [-0.4, -0.2) is 12.6 Å². The molecule has 0 saturated carbocycles. The Balaban J connectivity index is 3.63. The number of hydrogen-bond acceptors (Lipinski definition) is 2. The van der Waals surface area contributed by atoms with Gasteiger partial charge in [0.05, 0.1) is 6.61 Å². The van der Waals surface area contributed by atoms with E-state index in [9.17, 15) is 4.79 Å². The number of ether oxygens (including phenoxy) is 1. The number of carbonyl (C=O) groups excluding carboxylic acids is 1. The highest BCUT2D eigenvalue weighted by Gasteiger charge is 1.98. The Kier molecular flexibility index (Phi) is 7.69. The predicted molar refractivity (Wildman–Crippen MR) is 63.6 cm³/mol. The Hall–Kier alpha value is -1.05. The van der Waals surface area contributed by atoms with Crippen LogP contribution in [0.1, 0.15) is 40.0 Å². The van der Waals surface area contributed by atoms with Gasteiger partial charge in [-0.15, -0.1) is 6.58 Å². The zero-order valence-electron chi connectivity index (χ0n) is 10.1. The summed E-state index contributed by atoms with van der Waals surface area (Å²) < 4.78 is 4.99. The Labute approximate surface area is 93.0 Å². The zero-order chi connectivity index (χ0) is 11.7. The third kappa shape index (κ3) is 7.98. The lowest BCUT2D eigenvalue weighted by Gasteiger charge is -2.05. The first-order valence-corrected chi connectivity index (χ1v) is 5.55. The maximum absolute atomic E-state index is 10.8. The van der Waals surface area contributed by atoms with Gasteiger partial charge in [-0.2, -0.15) is 0 Å². The summed E-state index contributed by atoms with van der Waals surface area (Å²) in [6.45, 7) is 10.3. The topological polar surface area (TPSA) is 26.3 Å². The molecule has 0 aromatic rings. The maximum atomic E-state index is 10.8. The maximum Gasteiger partial charge on any atom is 0.305 e. The number of carbonyl (C=O) groups is 1. The molecule has 0 amide bonds. The highest BCUT2D eigenvalue weighted by atomic mass is 16.5. The average molecular weight is 210 g/mol. The van der Waals surface area contributed by atoms with Gasteiger partial charge < -0.3 is 4.74 Å². The zero-order valence-corrected chi connectivity index (χ0v) is 10.1. The van der Waals surface area contributed by atoms with Crippen LogP contribution in [0.25, 0.3) is 0 Å². The Morgan fingerprint density at radius 3 is 2.73 bits per heavy atom. The number of esters is 1. The van der Waals surface area contributed by atoms with Gasteiger partial charge in [-0.1, -0.05) is 31.6 Å². The van der Waals surface area contributed by atoms with Gasteiger partial charge in [0, 0.05) is 6.42 Å². The molecule has 0 aliphatic rings. The fraction of sp³-hybridized carbons (Fsp3) is 0.615. The molecule has 0 N–H and O–H groups in total. The van der Waals surface area contributed by atoms with E-state index < -0.39 is 0 Å². The molecule has 0 saturated heterocycles. The molecule has 0 heterocycles. The average Bonchev–Trinajstić information content (AvgIpc) is 2.23. The van der Waals surface area contributed by atoms with Crippen molar-refractivity contribution in [2.75, 3.05) is 6.61 Å². The van der Waals surface area contributed by atoms with Crippen LogP contribution in [0.3, 0.4) is 0 Å². The van der Waals surface area contributed by atoms with E-state index in [1.54, 1.807) is 6.92 Å². The lowest BCUT2D eigenvalue weighted by Crippen LogP contribution is -2.03. The van der Waals surface area contributed by atoms with Crippen molar-refractivity contribution in [2.24, 2.45) is 5.92 Å². The summed E-state index contributed by atoms with van der Waals surface area (Å²) in [7, 11) is 0. The largest absolute Gasteiger partial charge is 0.466 e. The SMILES string of the molecule is C=CC(C)/C=C(\C)CCCOC(=O)CC. The molecule has 0 aliphatic carbocycles. The van der Waals surface area contributed by atoms with E-state index in [0.717, 1.165) is 12.8 Å². The van der Waals surface area contributed by atoms with Gasteiger partial charge in [0.1, 0.15) is 0 Å². The van der Waals surface area contributed by atoms with Crippen LogP contribution < -0.4 is 0 Å². The van der Waals surface area contributed by atoms with Crippen molar-refractivity contribution < 1.29 is 9.53 Å². The third-order valence-corrected chi connectivity index (χ3v) is 2.19. The first-order chi connectivity index (χ1) is 7.10. The van der Waals surface area contributed by atoms with Crippen molar-refractivity contribution in [3.8, 4) is 0 Å². The summed E-state index contributed by atoms with van der Waals surface area (Å²) in [5.41, 5.74) is 1.33. The molecule has 0 aromatic heterocycles. The van der Waals surface area contributed by atoms with E-state index in [0.29, 0.717) is 18.9 Å². The predicted octanol–water partition coefficient (Wildman–Crippen LogP) is 3.49. The molecule has 0 fully saturated rings. The molecule has 15 heavy (non-hydrogen) atoms. The number of allylic oxidation sites excluding steroid dienone is 3. The molecule has 1 unspecified atom stereocenters. The molecule has 1 atom stereocenters. The fourth-order valence-corrected chi connectivity index (χ4v) is 1.24. The molecule has 0 rings (SSSR count). The first kappa shape index (κ1) is 13.9. The van der Waals surface area contributed by atoms with Crippen LogP contribution >= 0.6 is 0 Å². The van der Waals surface area contributed by atoms with Crippen molar-refractivity contribution >= 4 is 5.97 Å². The highest BCUT2D eigenvalue weighted by Crippen LogP contribution is 2.09. The van der Waals surface area contributed by atoms with E-state index in [2.05, 4.69) is 26.5 Å². The van der Waals surface area contributed by atoms with Crippen molar-refractivity contribution in [3.63, 3.8) is 0 Å². The molecular weight excluding hydrogens is 188 g/mol. The van der Waals surface area contributed by atoms with Gasteiger partial charge in [-0.3, -0.25) is 4.79 Å². The molecule has 0 aliphatic heterocycles. The third-order valence-electron chi connectivity index (χ3n) is 2.19. The second kappa shape index (κ2) is 8.27. The molecule has 2 nitrogen and oxygen atoms in total. The molecule has 0 aromatic carbocycles. The smallest absolute Gasteiger partial charge is 0.305 e. The standard InChI is InChI=1S/C13H22O2/c1-5-11(3)10-12(4)8-7-9-15-13(14)6-2/h5,10-11H,1,6-9H2,2-4H3/b12-10+. The van der Waals surface area contributed by atoms with Gasteiger partial charge in [0.15, 0.2) is 0 Å². The summed E-state index contributed by atoms with van der Waals surface area (Å²) in [6, 6.07) is 0. The lowest BCUT2D eigenvalue weighted by atomic mass is 10.1. The van der Waals surface area contributed by atoms with Crippen LogP contribution in [0.15, 0.2) is 24.3 Å². The molecule has 0 spiro atoms. The number of rotatable bonds is 7. The van der Waals surface area contributed by atoms with Crippen LogP contribution in [-0.2, 0) is 9.53 Å². The summed E-state index contributed by atoms with van der Waals surface area (Å²) in [5.74, 6) is 0.305. The minimum Gasteiger partial charge on any atom is -0.466 e. The molecule has 86 valence electrons. The van der Waals surface area contributed by atoms with Crippen LogP contribution in [0, 0.1) is 5.92 Å². The molecule has 0 radical (unpaired) electrons. The summed E-state index contributed by atoms with van der Waals surface area (Å²) in [4.78, 5) is 10.8. The van der Waals surface area contributed by atoms with E-state index in [1.165, 1.54) is 5.57 Å². The quantitative estimate of drug-likeness (QED) is 0.365. The first-order valence-electron chi connectivity index (χ1n) is 5.55. The fourth-order valence-electron chi connectivity index (χ4n) is 1.24. The highest BCUT2D eigenvalue weighted by molar-refractivity contribution is 5.68. The van der Waals surface area contributed by atoms with Crippen molar-refractivity contribution in [2.45, 2.75) is 40.0 Å². The normalized spacial score (nSPS) is 13.4.